The van der Waals surface area contributed by atoms with Gasteiger partial charge in [-0.2, -0.15) is 0 Å². The van der Waals surface area contributed by atoms with E-state index in [2.05, 4.69) is 10.3 Å². The summed E-state index contributed by atoms with van der Waals surface area (Å²) < 4.78 is 18.5. The molecule has 0 aliphatic heterocycles. The van der Waals surface area contributed by atoms with Gasteiger partial charge in [-0.25, -0.2) is 9.59 Å². The number of nitrogens with zero attached hydrogens (tertiary/aromatic N) is 3. The molecule has 6 aromatic rings. The Morgan fingerprint density at radius 2 is 1.45 bits per heavy atom. The number of carbonyl (C=O) groups excluding carboxylic acids is 4. The first kappa shape index (κ1) is 28.2. The van der Waals surface area contributed by atoms with Gasteiger partial charge in [-0.05, 0) is 48.5 Å². The number of hydrogen-bond acceptors (Lipinski definition) is 8. The van der Waals surface area contributed by atoms with Gasteiger partial charge in [-0.1, -0.05) is 30.3 Å². The highest BCUT2D eigenvalue weighted by atomic mass is 16.5. The number of nitrogens with one attached hydrogen (secondary N) is 1. The van der Waals surface area contributed by atoms with Crippen molar-refractivity contribution in [2.75, 3.05) is 26.6 Å². The van der Waals surface area contributed by atoms with Gasteiger partial charge < -0.3 is 24.1 Å². The van der Waals surface area contributed by atoms with Gasteiger partial charge in [0.25, 0.3) is 0 Å². The molecule has 6 rings (SSSR count). The molecule has 3 aromatic carbocycles. The van der Waals surface area contributed by atoms with E-state index in [-0.39, 0.29) is 34.6 Å². The predicted molar refractivity (Wildman–Crippen MR) is 162 cm³/mol. The largest absolute Gasteiger partial charge is 0.497 e. The third kappa shape index (κ3) is 4.60. The average Bonchev–Trinajstić information content (AvgIpc) is 3.57. The molecule has 1 amide bonds. The second-order valence-corrected chi connectivity index (χ2v) is 9.80. The normalized spacial score (nSPS) is 11.1. The molecule has 3 aromatic heterocycles. The Morgan fingerprint density at radius 1 is 0.773 bits per heavy atom. The highest BCUT2D eigenvalue weighted by Gasteiger charge is 2.36. The molecule has 0 unspecified atom stereocenters. The number of methoxy groups -OCH3 is 3. The molecule has 0 radical (unpaired) electrons. The van der Waals surface area contributed by atoms with Gasteiger partial charge in [0.2, 0.25) is 11.7 Å². The molecule has 0 bridgehead atoms. The number of amides is 1. The maximum Gasteiger partial charge on any atom is 0.342 e. The summed E-state index contributed by atoms with van der Waals surface area (Å²) in [5.74, 6) is -2.22. The zero-order valence-electron chi connectivity index (χ0n) is 24.0. The molecule has 0 saturated carbocycles. The average molecular weight is 591 g/mol. The lowest BCUT2D eigenvalue weighted by Gasteiger charge is -2.11. The van der Waals surface area contributed by atoms with Gasteiger partial charge in [0.15, 0.2) is 0 Å². The molecule has 11 nitrogen and oxygen atoms in total. The Balaban J connectivity index is 1.59. The van der Waals surface area contributed by atoms with E-state index in [0.29, 0.717) is 28.0 Å². The van der Waals surface area contributed by atoms with E-state index in [0.717, 1.165) is 12.5 Å². The lowest BCUT2D eigenvalue weighted by Crippen LogP contribution is -2.20. The van der Waals surface area contributed by atoms with Crippen LogP contribution in [0.2, 0.25) is 0 Å². The quantitative estimate of drug-likeness (QED) is 0.196. The van der Waals surface area contributed by atoms with Crippen molar-refractivity contribution in [1.82, 2.24) is 14.0 Å². The van der Waals surface area contributed by atoms with Crippen molar-refractivity contribution in [3.63, 3.8) is 0 Å². The summed E-state index contributed by atoms with van der Waals surface area (Å²) in [5, 5.41) is 3.76. The molecule has 0 aliphatic rings. The first-order valence-corrected chi connectivity index (χ1v) is 13.5. The van der Waals surface area contributed by atoms with Crippen LogP contribution in [0.25, 0.3) is 27.6 Å². The van der Waals surface area contributed by atoms with Crippen molar-refractivity contribution in [2.24, 2.45) is 0 Å². The van der Waals surface area contributed by atoms with Crippen LogP contribution in [-0.4, -0.2) is 58.9 Å². The second-order valence-electron chi connectivity index (χ2n) is 9.80. The van der Waals surface area contributed by atoms with Crippen molar-refractivity contribution < 1.29 is 33.4 Å². The lowest BCUT2D eigenvalue weighted by atomic mass is 10.0. The highest BCUT2D eigenvalue weighted by molar-refractivity contribution is 6.21. The molecule has 0 fully saturated rings. The molecule has 1 N–H and O–H groups in total. The minimum atomic E-state index is -0.909. The number of hydrogen-bond donors (Lipinski definition) is 1. The molecule has 3 heterocycles. The summed E-state index contributed by atoms with van der Waals surface area (Å²) in [7, 11) is 3.84. The minimum absolute atomic E-state index is 0.106. The molecular formula is C33H26N4O7. The third-order valence-corrected chi connectivity index (χ3v) is 7.37. The molecule has 44 heavy (non-hydrogen) atoms. The standard InChI is InChI=1S/C33H26N4O7/c1-42-21-15-13-20(14-16-21)30(39)29-26(32(40)43-2)27(33(41)44-3)31-36(23-11-4-5-12-24(23)37(29)31)18-25(38)35-22-10-6-8-19-9-7-17-34-28(19)22/h4-17H,18H2,1-3H3,(H,35,38). The highest BCUT2D eigenvalue weighted by Crippen LogP contribution is 2.34. The number of ether oxygens (including phenoxy) is 3. The van der Waals surface area contributed by atoms with Gasteiger partial charge >= 0.3 is 11.9 Å². The van der Waals surface area contributed by atoms with Crippen molar-refractivity contribution in [3.8, 4) is 5.75 Å². The number of para-hydroxylation sites is 3. The molecule has 0 aliphatic carbocycles. The Bertz CT molecular complexity index is 2100. The first-order chi connectivity index (χ1) is 21.4. The topological polar surface area (TPSA) is 130 Å². The summed E-state index contributed by atoms with van der Waals surface area (Å²) in [6.45, 7) is -0.273. The number of fused-ring (bicyclic) bond motifs is 4. The van der Waals surface area contributed by atoms with Gasteiger partial charge in [0, 0.05) is 17.1 Å². The van der Waals surface area contributed by atoms with E-state index in [1.54, 1.807) is 71.4 Å². The molecule has 220 valence electrons. The van der Waals surface area contributed by atoms with Crippen LogP contribution in [0.3, 0.4) is 0 Å². The number of aromatic nitrogens is 3. The molecular weight excluding hydrogens is 564 g/mol. The van der Waals surface area contributed by atoms with Crippen molar-refractivity contribution in [3.05, 3.63) is 107 Å². The summed E-state index contributed by atoms with van der Waals surface area (Å²) in [5.41, 5.74) is 1.94. The van der Waals surface area contributed by atoms with Gasteiger partial charge in [-0.3, -0.25) is 19.0 Å². The molecule has 11 heteroatoms. The van der Waals surface area contributed by atoms with Gasteiger partial charge in [0.05, 0.1) is 43.6 Å². The number of benzene rings is 3. The van der Waals surface area contributed by atoms with Crippen LogP contribution in [0.5, 0.6) is 5.75 Å². The maximum absolute atomic E-state index is 14.1. The number of ketones is 1. The summed E-state index contributed by atoms with van der Waals surface area (Å²) >= 11 is 0. The monoisotopic (exact) mass is 590 g/mol. The number of pyridine rings is 1. The number of rotatable bonds is 8. The number of anilines is 1. The lowest BCUT2D eigenvalue weighted by molar-refractivity contribution is -0.116. The van der Waals surface area contributed by atoms with Crippen LogP contribution in [-0.2, 0) is 20.8 Å². The number of carbonyl (C=O) groups is 4. The SMILES string of the molecule is COC(=O)c1c(C(=O)OC)c2n(CC(=O)Nc3cccc4cccnc34)c3ccccc3n2c1C(=O)c1ccc(OC)cc1. The maximum atomic E-state index is 14.1. The van der Waals surface area contributed by atoms with Gasteiger partial charge in [-0.15, -0.1) is 0 Å². The Hall–Kier alpha value is -5.97. The zero-order chi connectivity index (χ0) is 31.0. The fourth-order valence-electron chi connectivity index (χ4n) is 5.43. The van der Waals surface area contributed by atoms with Crippen molar-refractivity contribution >= 4 is 56.9 Å². The molecule has 0 saturated heterocycles. The molecule has 0 atom stereocenters. The Morgan fingerprint density at radius 3 is 2.16 bits per heavy atom. The smallest absolute Gasteiger partial charge is 0.342 e. The van der Waals surface area contributed by atoms with Crippen molar-refractivity contribution in [1.29, 1.82) is 0 Å². The third-order valence-electron chi connectivity index (χ3n) is 7.37. The van der Waals surface area contributed by atoms with Crippen LogP contribution in [0.4, 0.5) is 5.69 Å². The van der Waals surface area contributed by atoms with Crippen LogP contribution in [0.1, 0.15) is 36.8 Å². The Labute approximate surface area is 250 Å². The van der Waals surface area contributed by atoms with E-state index < -0.39 is 23.6 Å². The van der Waals surface area contributed by atoms with Crippen LogP contribution in [0, 0.1) is 0 Å². The second kappa shape index (κ2) is 11.4. The van der Waals surface area contributed by atoms with Crippen LogP contribution < -0.4 is 10.1 Å². The van der Waals surface area contributed by atoms with Crippen molar-refractivity contribution in [2.45, 2.75) is 6.54 Å². The van der Waals surface area contributed by atoms with E-state index in [4.69, 9.17) is 14.2 Å². The number of imidazole rings is 1. The fourth-order valence-corrected chi connectivity index (χ4v) is 5.43. The summed E-state index contributed by atoms with van der Waals surface area (Å²) in [4.78, 5) is 58.8. The Kier molecular flexibility index (Phi) is 7.28. The van der Waals surface area contributed by atoms with Gasteiger partial charge in [0.1, 0.15) is 34.8 Å². The zero-order valence-corrected chi connectivity index (χ0v) is 24.0. The fraction of sp³-hybridized carbons (Fsp3) is 0.121. The van der Waals surface area contributed by atoms with E-state index in [1.165, 1.54) is 18.6 Å². The van der Waals surface area contributed by atoms with E-state index >= 15 is 0 Å². The molecule has 0 spiro atoms. The van der Waals surface area contributed by atoms with E-state index in [1.807, 2.05) is 18.2 Å². The summed E-state index contributed by atoms with van der Waals surface area (Å²) in [6.07, 6.45) is 1.64. The van der Waals surface area contributed by atoms with Crippen LogP contribution in [0.15, 0.2) is 85.1 Å². The predicted octanol–water partition coefficient (Wildman–Crippen LogP) is 4.89. The summed E-state index contributed by atoms with van der Waals surface area (Å²) in [6, 6.07) is 22.5. The first-order valence-electron chi connectivity index (χ1n) is 13.5. The van der Waals surface area contributed by atoms with Crippen LogP contribution >= 0.6 is 0 Å². The minimum Gasteiger partial charge on any atom is -0.497 e. The van der Waals surface area contributed by atoms with E-state index in [9.17, 15) is 19.2 Å². The number of esters is 2.